The van der Waals surface area contributed by atoms with Gasteiger partial charge in [0.15, 0.2) is 0 Å². The minimum Gasteiger partial charge on any atom is -0.465 e. The molecule has 14 heavy (non-hydrogen) atoms. The summed E-state index contributed by atoms with van der Waals surface area (Å²) in [5, 5.41) is 3.19. The van der Waals surface area contributed by atoms with E-state index in [1.807, 2.05) is 31.2 Å². The Bertz CT molecular complexity index is 349. The summed E-state index contributed by atoms with van der Waals surface area (Å²) in [4.78, 5) is 11.5. The predicted octanol–water partition coefficient (Wildman–Crippen LogP) is 1.76. The number of esters is 1. The van der Waals surface area contributed by atoms with Gasteiger partial charge in [0.2, 0.25) is 0 Å². The second-order valence-electron chi connectivity index (χ2n) is 3.27. The number of carbonyl (C=O) groups excluding carboxylic acids is 1. The zero-order chi connectivity index (χ0) is 9.97. The first-order chi connectivity index (χ1) is 6.83. The molecule has 1 atom stereocenters. The number of hydrogen-bond donors (Lipinski definition) is 1. The van der Waals surface area contributed by atoms with Crippen LogP contribution in [0.15, 0.2) is 24.3 Å². The molecule has 0 aromatic heterocycles. The minimum atomic E-state index is -0.134. The fraction of sp³-hybridized carbons (Fsp3) is 0.364. The van der Waals surface area contributed by atoms with Crippen LogP contribution in [0, 0.1) is 0 Å². The van der Waals surface area contributed by atoms with Gasteiger partial charge < -0.3 is 10.1 Å². The van der Waals surface area contributed by atoms with Crippen LogP contribution >= 0.6 is 0 Å². The third kappa shape index (κ3) is 1.45. The number of carbonyl (C=O) groups is 1. The van der Waals surface area contributed by atoms with Crippen LogP contribution in [0.4, 0.5) is 5.69 Å². The molecule has 1 unspecified atom stereocenters. The van der Waals surface area contributed by atoms with Crippen molar-refractivity contribution in [1.82, 2.24) is 0 Å². The summed E-state index contributed by atoms with van der Waals surface area (Å²) in [5.74, 6) is -0.267. The number of rotatable bonds is 2. The van der Waals surface area contributed by atoms with Gasteiger partial charge in [-0.3, -0.25) is 4.79 Å². The van der Waals surface area contributed by atoms with Crippen LogP contribution in [0.3, 0.4) is 0 Å². The third-order valence-corrected chi connectivity index (χ3v) is 2.40. The van der Waals surface area contributed by atoms with E-state index >= 15 is 0 Å². The van der Waals surface area contributed by atoms with E-state index in [9.17, 15) is 4.79 Å². The lowest BCUT2D eigenvalue weighted by Gasteiger charge is -2.08. The van der Waals surface area contributed by atoms with Gasteiger partial charge in [0.25, 0.3) is 0 Å². The van der Waals surface area contributed by atoms with Crippen molar-refractivity contribution in [2.75, 3.05) is 18.5 Å². The molecule has 0 saturated carbocycles. The second-order valence-corrected chi connectivity index (χ2v) is 3.27. The SMILES string of the molecule is CCOC(=O)C1CNc2ccccc21. The maximum atomic E-state index is 11.5. The molecular weight excluding hydrogens is 178 g/mol. The van der Waals surface area contributed by atoms with Crippen molar-refractivity contribution in [3.05, 3.63) is 29.8 Å². The molecule has 0 spiro atoms. The van der Waals surface area contributed by atoms with Crippen molar-refractivity contribution < 1.29 is 9.53 Å². The summed E-state index contributed by atoms with van der Waals surface area (Å²) in [5.41, 5.74) is 2.09. The Labute approximate surface area is 83.1 Å². The number of anilines is 1. The Morgan fingerprint density at radius 2 is 2.36 bits per heavy atom. The van der Waals surface area contributed by atoms with E-state index in [-0.39, 0.29) is 11.9 Å². The molecule has 0 radical (unpaired) electrons. The van der Waals surface area contributed by atoms with Gasteiger partial charge in [-0.05, 0) is 18.6 Å². The lowest BCUT2D eigenvalue weighted by molar-refractivity contribution is -0.144. The van der Waals surface area contributed by atoms with Crippen molar-refractivity contribution in [1.29, 1.82) is 0 Å². The summed E-state index contributed by atoms with van der Waals surface area (Å²) < 4.78 is 5.00. The normalized spacial score (nSPS) is 18.5. The van der Waals surface area contributed by atoms with Gasteiger partial charge in [0.05, 0.1) is 6.61 Å². The largest absolute Gasteiger partial charge is 0.465 e. The van der Waals surface area contributed by atoms with Crippen molar-refractivity contribution in [3.8, 4) is 0 Å². The molecule has 1 aliphatic heterocycles. The minimum absolute atomic E-state index is 0.133. The summed E-state index contributed by atoms with van der Waals surface area (Å²) in [7, 11) is 0. The fourth-order valence-corrected chi connectivity index (χ4v) is 1.74. The second kappa shape index (κ2) is 3.70. The number of ether oxygens (including phenoxy) is 1. The first-order valence-corrected chi connectivity index (χ1v) is 4.82. The number of hydrogen-bond acceptors (Lipinski definition) is 3. The molecule has 1 heterocycles. The molecule has 74 valence electrons. The Kier molecular flexibility index (Phi) is 2.39. The molecular formula is C11H13NO2. The highest BCUT2D eigenvalue weighted by molar-refractivity contribution is 5.83. The summed E-state index contributed by atoms with van der Waals surface area (Å²) in [6.45, 7) is 2.92. The Morgan fingerprint density at radius 3 is 3.14 bits per heavy atom. The van der Waals surface area contributed by atoms with Crippen LogP contribution < -0.4 is 5.32 Å². The predicted molar refractivity (Wildman–Crippen MR) is 54.3 cm³/mol. The quantitative estimate of drug-likeness (QED) is 0.724. The lowest BCUT2D eigenvalue weighted by Crippen LogP contribution is -2.17. The number of nitrogens with one attached hydrogen (secondary N) is 1. The van der Waals surface area contributed by atoms with Gasteiger partial charge in [-0.25, -0.2) is 0 Å². The van der Waals surface area contributed by atoms with E-state index in [0.29, 0.717) is 13.2 Å². The summed E-state index contributed by atoms with van der Waals surface area (Å²) in [6, 6.07) is 7.85. The average Bonchev–Trinajstić information content (AvgIpc) is 2.61. The summed E-state index contributed by atoms with van der Waals surface area (Å²) in [6.07, 6.45) is 0. The zero-order valence-corrected chi connectivity index (χ0v) is 8.12. The van der Waals surface area contributed by atoms with E-state index < -0.39 is 0 Å². The summed E-state index contributed by atoms with van der Waals surface area (Å²) >= 11 is 0. The molecule has 2 rings (SSSR count). The van der Waals surface area contributed by atoms with Crippen molar-refractivity contribution in [2.45, 2.75) is 12.8 Å². The first-order valence-electron chi connectivity index (χ1n) is 4.82. The van der Waals surface area contributed by atoms with Crippen LogP contribution in [0.1, 0.15) is 18.4 Å². The van der Waals surface area contributed by atoms with Gasteiger partial charge in [-0.2, -0.15) is 0 Å². The number of para-hydroxylation sites is 1. The molecule has 0 fully saturated rings. The standard InChI is InChI=1S/C11H13NO2/c1-2-14-11(13)9-7-12-10-6-4-3-5-8(9)10/h3-6,9,12H,2,7H2,1H3. The molecule has 1 aromatic rings. The van der Waals surface area contributed by atoms with Gasteiger partial charge in [-0.15, -0.1) is 0 Å². The highest BCUT2D eigenvalue weighted by atomic mass is 16.5. The first kappa shape index (κ1) is 9.06. The van der Waals surface area contributed by atoms with Crippen LogP contribution in [0.5, 0.6) is 0 Å². The van der Waals surface area contributed by atoms with Crippen molar-refractivity contribution in [3.63, 3.8) is 0 Å². The van der Waals surface area contributed by atoms with Crippen molar-refractivity contribution >= 4 is 11.7 Å². The third-order valence-electron chi connectivity index (χ3n) is 2.40. The van der Waals surface area contributed by atoms with Crippen LogP contribution in [0.2, 0.25) is 0 Å². The van der Waals surface area contributed by atoms with Crippen LogP contribution in [-0.2, 0) is 9.53 Å². The Balaban J connectivity index is 2.21. The number of benzene rings is 1. The zero-order valence-electron chi connectivity index (χ0n) is 8.12. The molecule has 0 saturated heterocycles. The van der Waals surface area contributed by atoms with Gasteiger partial charge in [-0.1, -0.05) is 18.2 Å². The molecule has 1 aromatic carbocycles. The molecule has 1 N–H and O–H groups in total. The van der Waals surface area contributed by atoms with E-state index in [2.05, 4.69) is 5.32 Å². The maximum absolute atomic E-state index is 11.5. The van der Waals surface area contributed by atoms with Gasteiger partial charge in [0.1, 0.15) is 5.92 Å². The van der Waals surface area contributed by atoms with Gasteiger partial charge >= 0.3 is 5.97 Å². The Hall–Kier alpha value is -1.51. The van der Waals surface area contributed by atoms with E-state index in [0.717, 1.165) is 11.3 Å². The molecule has 3 heteroatoms. The molecule has 0 bridgehead atoms. The van der Waals surface area contributed by atoms with Crippen LogP contribution in [0.25, 0.3) is 0 Å². The van der Waals surface area contributed by atoms with Crippen molar-refractivity contribution in [2.24, 2.45) is 0 Å². The molecule has 3 nitrogen and oxygen atoms in total. The van der Waals surface area contributed by atoms with Crippen LogP contribution in [-0.4, -0.2) is 19.1 Å². The lowest BCUT2D eigenvalue weighted by atomic mass is 10.0. The topological polar surface area (TPSA) is 38.3 Å². The highest BCUT2D eigenvalue weighted by Gasteiger charge is 2.28. The van der Waals surface area contributed by atoms with E-state index in [1.54, 1.807) is 0 Å². The smallest absolute Gasteiger partial charge is 0.315 e. The fourth-order valence-electron chi connectivity index (χ4n) is 1.74. The monoisotopic (exact) mass is 191 g/mol. The Morgan fingerprint density at radius 1 is 1.57 bits per heavy atom. The van der Waals surface area contributed by atoms with E-state index in [1.165, 1.54) is 0 Å². The highest BCUT2D eigenvalue weighted by Crippen LogP contribution is 2.31. The maximum Gasteiger partial charge on any atom is 0.315 e. The van der Waals surface area contributed by atoms with E-state index in [4.69, 9.17) is 4.74 Å². The average molecular weight is 191 g/mol. The molecule has 0 amide bonds. The molecule has 1 aliphatic rings. The van der Waals surface area contributed by atoms with Gasteiger partial charge in [0, 0.05) is 12.2 Å². The number of fused-ring (bicyclic) bond motifs is 1. The molecule has 0 aliphatic carbocycles.